The van der Waals surface area contributed by atoms with Crippen molar-refractivity contribution >= 4 is 5.97 Å². The van der Waals surface area contributed by atoms with Crippen LogP contribution in [0.1, 0.15) is 25.3 Å². The Balaban J connectivity index is 1.70. The normalized spacial score (nSPS) is 17.1. The third-order valence-corrected chi connectivity index (χ3v) is 3.92. The van der Waals surface area contributed by atoms with E-state index in [1.54, 1.807) is 0 Å². The number of aryl methyl sites for hydroxylation is 1. The van der Waals surface area contributed by atoms with E-state index in [9.17, 15) is 4.79 Å². The lowest BCUT2D eigenvalue weighted by molar-refractivity contribution is -0.143. The molecule has 0 amide bonds. The van der Waals surface area contributed by atoms with Crippen LogP contribution >= 0.6 is 0 Å². The Morgan fingerprint density at radius 2 is 2.15 bits per heavy atom. The molecule has 0 spiro atoms. The Bertz CT molecular complexity index is 439. The van der Waals surface area contributed by atoms with Crippen LogP contribution in [0.25, 0.3) is 0 Å². The summed E-state index contributed by atoms with van der Waals surface area (Å²) in [6, 6.07) is 8.18. The lowest BCUT2D eigenvalue weighted by atomic mass is 9.97. The van der Waals surface area contributed by atoms with Crippen LogP contribution in [0.4, 0.5) is 0 Å². The monoisotopic (exact) mass is 277 g/mol. The first kappa shape index (κ1) is 14.9. The highest BCUT2D eigenvalue weighted by molar-refractivity contribution is 5.70. The molecule has 0 bridgehead atoms. The summed E-state index contributed by atoms with van der Waals surface area (Å²) in [7, 11) is 0. The molecule has 1 heterocycles. The summed E-state index contributed by atoms with van der Waals surface area (Å²) in [6.45, 7) is 5.37. The second-order valence-corrected chi connectivity index (χ2v) is 5.30. The molecule has 0 aliphatic carbocycles. The molecule has 1 N–H and O–H groups in total. The first-order valence-corrected chi connectivity index (χ1v) is 7.36. The first-order chi connectivity index (χ1) is 9.69. The van der Waals surface area contributed by atoms with Crippen molar-refractivity contribution in [3.8, 4) is 5.75 Å². The molecule has 1 saturated heterocycles. The van der Waals surface area contributed by atoms with Crippen molar-refractivity contribution in [3.63, 3.8) is 0 Å². The first-order valence-electron chi connectivity index (χ1n) is 7.36. The number of rotatable bonds is 6. The Morgan fingerprint density at radius 3 is 2.80 bits per heavy atom. The number of nitrogens with zero attached hydrogens (tertiary/aromatic N) is 1. The number of piperidine rings is 1. The predicted octanol–water partition coefficient (Wildman–Crippen LogP) is 2.42. The molecule has 0 radical (unpaired) electrons. The van der Waals surface area contributed by atoms with Crippen LogP contribution < -0.4 is 4.74 Å². The molecule has 0 unspecified atom stereocenters. The number of carboxylic acid groups (broad SMARTS) is 1. The molecule has 1 aromatic rings. The van der Waals surface area contributed by atoms with Gasteiger partial charge >= 0.3 is 5.97 Å². The van der Waals surface area contributed by atoms with E-state index in [4.69, 9.17) is 9.84 Å². The van der Waals surface area contributed by atoms with E-state index in [2.05, 4.69) is 24.0 Å². The standard InChI is InChI=1S/C16H23NO3/c1-2-13-4-3-5-15(12-13)20-11-10-17-8-6-14(7-9-17)16(18)19/h3-5,12,14H,2,6-11H2,1H3,(H,18,19). The molecular weight excluding hydrogens is 254 g/mol. The highest BCUT2D eigenvalue weighted by Gasteiger charge is 2.23. The zero-order chi connectivity index (χ0) is 14.4. The lowest BCUT2D eigenvalue weighted by Gasteiger charge is -2.29. The van der Waals surface area contributed by atoms with Crippen LogP contribution in [-0.2, 0) is 11.2 Å². The quantitative estimate of drug-likeness (QED) is 0.867. The number of carbonyl (C=O) groups is 1. The van der Waals surface area contributed by atoms with Crippen LogP contribution in [0.5, 0.6) is 5.75 Å². The van der Waals surface area contributed by atoms with Gasteiger partial charge in [-0.1, -0.05) is 19.1 Å². The molecule has 20 heavy (non-hydrogen) atoms. The van der Waals surface area contributed by atoms with Gasteiger partial charge in [-0.05, 0) is 50.0 Å². The average Bonchev–Trinajstić information content (AvgIpc) is 2.48. The van der Waals surface area contributed by atoms with E-state index < -0.39 is 5.97 Å². The van der Waals surface area contributed by atoms with Gasteiger partial charge in [-0.25, -0.2) is 0 Å². The second kappa shape index (κ2) is 7.29. The van der Waals surface area contributed by atoms with Gasteiger partial charge in [0.2, 0.25) is 0 Å². The van der Waals surface area contributed by atoms with E-state index in [-0.39, 0.29) is 5.92 Å². The summed E-state index contributed by atoms with van der Waals surface area (Å²) in [4.78, 5) is 13.2. The molecule has 2 rings (SSSR count). The molecule has 4 nitrogen and oxygen atoms in total. The van der Waals surface area contributed by atoms with Gasteiger partial charge in [0, 0.05) is 6.54 Å². The van der Waals surface area contributed by atoms with E-state index in [1.165, 1.54) is 5.56 Å². The molecule has 4 heteroatoms. The average molecular weight is 277 g/mol. The molecule has 0 atom stereocenters. The van der Waals surface area contributed by atoms with Gasteiger partial charge in [0.1, 0.15) is 12.4 Å². The third-order valence-electron chi connectivity index (χ3n) is 3.92. The van der Waals surface area contributed by atoms with E-state index in [0.717, 1.165) is 44.6 Å². The fraction of sp³-hybridized carbons (Fsp3) is 0.562. The van der Waals surface area contributed by atoms with E-state index >= 15 is 0 Å². The molecule has 110 valence electrons. The summed E-state index contributed by atoms with van der Waals surface area (Å²) >= 11 is 0. The molecule has 1 aliphatic rings. The summed E-state index contributed by atoms with van der Waals surface area (Å²) in [6.07, 6.45) is 2.52. The van der Waals surface area contributed by atoms with Gasteiger partial charge in [0.15, 0.2) is 0 Å². The lowest BCUT2D eigenvalue weighted by Crippen LogP contribution is -2.38. The number of benzene rings is 1. The van der Waals surface area contributed by atoms with Crippen LogP contribution in [0.15, 0.2) is 24.3 Å². The van der Waals surface area contributed by atoms with E-state index in [0.29, 0.717) is 6.61 Å². The Kier molecular flexibility index (Phi) is 5.41. The van der Waals surface area contributed by atoms with Crippen molar-refractivity contribution in [1.29, 1.82) is 0 Å². The van der Waals surface area contributed by atoms with Gasteiger partial charge in [-0.2, -0.15) is 0 Å². The second-order valence-electron chi connectivity index (χ2n) is 5.30. The predicted molar refractivity (Wildman–Crippen MR) is 78.1 cm³/mol. The number of carboxylic acids is 1. The maximum absolute atomic E-state index is 10.9. The molecule has 1 aliphatic heterocycles. The van der Waals surface area contributed by atoms with Crippen molar-refractivity contribution in [2.24, 2.45) is 5.92 Å². The van der Waals surface area contributed by atoms with Crippen LogP contribution in [0, 0.1) is 5.92 Å². The molecule has 0 aromatic heterocycles. The number of ether oxygens (including phenoxy) is 1. The maximum atomic E-state index is 10.9. The number of hydrogen-bond donors (Lipinski definition) is 1. The zero-order valence-corrected chi connectivity index (χ0v) is 12.0. The van der Waals surface area contributed by atoms with Crippen molar-refractivity contribution in [2.75, 3.05) is 26.2 Å². The molecule has 0 saturated carbocycles. The van der Waals surface area contributed by atoms with Gasteiger partial charge in [-0.15, -0.1) is 0 Å². The third kappa shape index (κ3) is 4.23. The topological polar surface area (TPSA) is 49.8 Å². The molecular formula is C16H23NO3. The highest BCUT2D eigenvalue weighted by Crippen LogP contribution is 2.17. The van der Waals surface area contributed by atoms with Crippen LogP contribution in [0.2, 0.25) is 0 Å². The summed E-state index contributed by atoms with van der Waals surface area (Å²) in [5, 5.41) is 8.96. The van der Waals surface area contributed by atoms with Crippen LogP contribution in [-0.4, -0.2) is 42.2 Å². The fourth-order valence-corrected chi connectivity index (χ4v) is 2.55. The van der Waals surface area contributed by atoms with Crippen LogP contribution in [0.3, 0.4) is 0 Å². The largest absolute Gasteiger partial charge is 0.492 e. The van der Waals surface area contributed by atoms with Gasteiger partial charge in [0.25, 0.3) is 0 Å². The highest BCUT2D eigenvalue weighted by atomic mass is 16.5. The van der Waals surface area contributed by atoms with Crippen molar-refractivity contribution < 1.29 is 14.6 Å². The van der Waals surface area contributed by atoms with Crippen molar-refractivity contribution in [3.05, 3.63) is 29.8 Å². The Labute approximate surface area is 120 Å². The summed E-state index contributed by atoms with van der Waals surface area (Å²) in [5.41, 5.74) is 1.28. The molecule has 1 aromatic carbocycles. The minimum atomic E-state index is -0.655. The summed E-state index contributed by atoms with van der Waals surface area (Å²) in [5.74, 6) is 0.107. The van der Waals surface area contributed by atoms with Gasteiger partial charge in [-0.3, -0.25) is 9.69 Å². The maximum Gasteiger partial charge on any atom is 0.306 e. The number of aliphatic carboxylic acids is 1. The number of likely N-dealkylation sites (tertiary alicyclic amines) is 1. The summed E-state index contributed by atoms with van der Waals surface area (Å²) < 4.78 is 5.77. The van der Waals surface area contributed by atoms with E-state index in [1.807, 2.05) is 12.1 Å². The fourth-order valence-electron chi connectivity index (χ4n) is 2.55. The Morgan fingerprint density at radius 1 is 1.40 bits per heavy atom. The van der Waals surface area contributed by atoms with Gasteiger partial charge < -0.3 is 9.84 Å². The van der Waals surface area contributed by atoms with Gasteiger partial charge in [0.05, 0.1) is 5.92 Å². The Hall–Kier alpha value is -1.55. The molecule has 1 fully saturated rings. The minimum Gasteiger partial charge on any atom is -0.492 e. The SMILES string of the molecule is CCc1cccc(OCCN2CCC(C(=O)O)CC2)c1. The van der Waals surface area contributed by atoms with Crippen molar-refractivity contribution in [2.45, 2.75) is 26.2 Å². The smallest absolute Gasteiger partial charge is 0.306 e. The van der Waals surface area contributed by atoms with Crippen molar-refractivity contribution in [1.82, 2.24) is 4.90 Å². The number of hydrogen-bond acceptors (Lipinski definition) is 3. The zero-order valence-electron chi connectivity index (χ0n) is 12.0. The minimum absolute atomic E-state index is 0.159.